The fourth-order valence-electron chi connectivity index (χ4n) is 2.32. The van der Waals surface area contributed by atoms with Gasteiger partial charge in [-0.25, -0.2) is 0 Å². The Bertz CT molecular complexity index is 878. The molecule has 2 N–H and O–H groups in total. The molecule has 3 rings (SSSR count). The van der Waals surface area contributed by atoms with Crippen LogP contribution in [0, 0.1) is 0 Å². The number of carbonyl (C=O) groups is 2. The van der Waals surface area contributed by atoms with Gasteiger partial charge in [-0.1, -0.05) is 24.3 Å². The first-order valence-electron chi connectivity index (χ1n) is 7.76. The minimum atomic E-state index is -0.206. The maximum absolute atomic E-state index is 12.3. The predicted molar refractivity (Wildman–Crippen MR) is 111 cm³/mol. The molecule has 0 aliphatic carbocycles. The Balaban J connectivity index is 1.67. The van der Waals surface area contributed by atoms with E-state index in [4.69, 9.17) is 0 Å². The third-order valence-corrected chi connectivity index (χ3v) is 5.02. The van der Waals surface area contributed by atoms with E-state index in [2.05, 4.69) is 42.5 Å². The number of hydrogen-bond acceptors (Lipinski definition) is 2. The second-order valence-corrected chi connectivity index (χ2v) is 7.15. The van der Waals surface area contributed by atoms with Crippen molar-refractivity contribution in [1.82, 2.24) is 0 Å². The predicted octanol–water partition coefficient (Wildman–Crippen LogP) is 5.72. The van der Waals surface area contributed by atoms with E-state index >= 15 is 0 Å². The van der Waals surface area contributed by atoms with Crippen LogP contribution in [-0.4, -0.2) is 11.8 Å². The van der Waals surface area contributed by atoms with Crippen LogP contribution in [0.3, 0.4) is 0 Å². The SMILES string of the molecule is O=C(Nc1ccc(NC(=O)c2ccccc2Br)cc1)c1ccccc1Br. The van der Waals surface area contributed by atoms with Crippen LogP contribution in [0.5, 0.6) is 0 Å². The molecule has 130 valence electrons. The van der Waals surface area contributed by atoms with Crippen molar-refractivity contribution in [2.75, 3.05) is 10.6 Å². The van der Waals surface area contributed by atoms with E-state index in [1.807, 2.05) is 24.3 Å². The molecule has 0 atom stereocenters. The normalized spacial score (nSPS) is 10.2. The largest absolute Gasteiger partial charge is 0.322 e. The van der Waals surface area contributed by atoms with E-state index in [1.54, 1.807) is 48.5 Å². The smallest absolute Gasteiger partial charge is 0.256 e. The van der Waals surface area contributed by atoms with Crippen molar-refractivity contribution in [3.05, 3.63) is 92.9 Å². The molecule has 0 unspecified atom stereocenters. The molecule has 3 aromatic rings. The van der Waals surface area contributed by atoms with Crippen LogP contribution in [0.2, 0.25) is 0 Å². The Morgan fingerprint density at radius 1 is 0.577 bits per heavy atom. The second-order valence-electron chi connectivity index (χ2n) is 5.45. The summed E-state index contributed by atoms with van der Waals surface area (Å²) in [5.41, 5.74) is 2.40. The summed E-state index contributed by atoms with van der Waals surface area (Å²) >= 11 is 6.73. The molecule has 3 aromatic carbocycles. The lowest BCUT2D eigenvalue weighted by Crippen LogP contribution is -2.14. The molecule has 0 spiro atoms. The van der Waals surface area contributed by atoms with Crippen molar-refractivity contribution >= 4 is 55.0 Å². The van der Waals surface area contributed by atoms with Crippen LogP contribution in [0.1, 0.15) is 20.7 Å². The molecule has 0 radical (unpaired) electrons. The average Bonchev–Trinajstić information content (AvgIpc) is 2.64. The number of anilines is 2. The van der Waals surface area contributed by atoms with Crippen LogP contribution >= 0.6 is 31.9 Å². The molecule has 0 saturated heterocycles. The summed E-state index contributed by atoms with van der Waals surface area (Å²) in [6.07, 6.45) is 0. The van der Waals surface area contributed by atoms with Crippen molar-refractivity contribution in [3.8, 4) is 0 Å². The van der Waals surface area contributed by atoms with Gasteiger partial charge in [-0.15, -0.1) is 0 Å². The molecule has 0 saturated carbocycles. The van der Waals surface area contributed by atoms with E-state index < -0.39 is 0 Å². The summed E-state index contributed by atoms with van der Waals surface area (Å²) in [7, 11) is 0. The molecule has 0 aliphatic heterocycles. The lowest BCUT2D eigenvalue weighted by molar-refractivity contribution is 0.101. The third kappa shape index (κ3) is 4.39. The highest BCUT2D eigenvalue weighted by Crippen LogP contribution is 2.21. The summed E-state index contributed by atoms with van der Waals surface area (Å²) in [5.74, 6) is -0.412. The molecule has 0 aliphatic rings. The van der Waals surface area contributed by atoms with Crippen molar-refractivity contribution < 1.29 is 9.59 Å². The summed E-state index contributed by atoms with van der Waals surface area (Å²) in [6, 6.07) is 21.4. The number of benzene rings is 3. The van der Waals surface area contributed by atoms with Gasteiger partial charge in [0.1, 0.15) is 0 Å². The zero-order valence-electron chi connectivity index (χ0n) is 13.5. The summed E-state index contributed by atoms with van der Waals surface area (Å²) in [5, 5.41) is 5.66. The lowest BCUT2D eigenvalue weighted by Gasteiger charge is -2.09. The van der Waals surface area contributed by atoms with Gasteiger partial charge in [0.2, 0.25) is 0 Å². The Morgan fingerprint density at radius 3 is 1.27 bits per heavy atom. The van der Waals surface area contributed by atoms with Gasteiger partial charge in [0.05, 0.1) is 11.1 Å². The quantitative estimate of drug-likeness (QED) is 0.509. The van der Waals surface area contributed by atoms with Crippen LogP contribution in [0.4, 0.5) is 11.4 Å². The minimum Gasteiger partial charge on any atom is -0.322 e. The van der Waals surface area contributed by atoms with E-state index in [0.29, 0.717) is 22.5 Å². The molecule has 0 heterocycles. The zero-order chi connectivity index (χ0) is 18.5. The number of carbonyl (C=O) groups excluding carboxylic acids is 2. The monoisotopic (exact) mass is 472 g/mol. The maximum atomic E-state index is 12.3. The summed E-state index contributed by atoms with van der Waals surface area (Å²) < 4.78 is 1.46. The molecule has 26 heavy (non-hydrogen) atoms. The van der Waals surface area contributed by atoms with Crippen LogP contribution < -0.4 is 10.6 Å². The molecular formula is C20H14Br2N2O2. The van der Waals surface area contributed by atoms with E-state index in [9.17, 15) is 9.59 Å². The Labute approximate surface area is 167 Å². The van der Waals surface area contributed by atoms with Crippen molar-refractivity contribution in [2.24, 2.45) is 0 Å². The van der Waals surface area contributed by atoms with Gasteiger partial charge in [0.15, 0.2) is 0 Å². The third-order valence-electron chi connectivity index (χ3n) is 3.64. The maximum Gasteiger partial charge on any atom is 0.256 e. The number of halogens is 2. The Kier molecular flexibility index (Phi) is 5.85. The van der Waals surface area contributed by atoms with Crippen LogP contribution in [-0.2, 0) is 0 Å². The van der Waals surface area contributed by atoms with E-state index in [1.165, 1.54) is 0 Å². The van der Waals surface area contributed by atoms with E-state index in [0.717, 1.165) is 8.95 Å². The van der Waals surface area contributed by atoms with E-state index in [-0.39, 0.29) is 11.8 Å². The van der Waals surface area contributed by atoms with Gasteiger partial charge in [-0.3, -0.25) is 9.59 Å². The summed E-state index contributed by atoms with van der Waals surface area (Å²) in [4.78, 5) is 24.6. The Hall–Kier alpha value is -2.44. The lowest BCUT2D eigenvalue weighted by atomic mass is 10.2. The number of hydrogen-bond donors (Lipinski definition) is 2. The van der Waals surface area contributed by atoms with Gasteiger partial charge in [0.25, 0.3) is 11.8 Å². The molecule has 0 fully saturated rings. The molecule has 0 aromatic heterocycles. The van der Waals surface area contributed by atoms with Gasteiger partial charge in [0, 0.05) is 20.3 Å². The van der Waals surface area contributed by atoms with Crippen LogP contribution in [0.15, 0.2) is 81.7 Å². The molecule has 0 bridgehead atoms. The van der Waals surface area contributed by atoms with Crippen molar-refractivity contribution in [3.63, 3.8) is 0 Å². The minimum absolute atomic E-state index is 0.206. The van der Waals surface area contributed by atoms with Gasteiger partial charge in [-0.2, -0.15) is 0 Å². The molecule has 6 heteroatoms. The second kappa shape index (κ2) is 8.29. The van der Waals surface area contributed by atoms with Crippen molar-refractivity contribution in [1.29, 1.82) is 0 Å². The fourth-order valence-corrected chi connectivity index (χ4v) is 3.25. The first-order valence-corrected chi connectivity index (χ1v) is 9.35. The first kappa shape index (κ1) is 18.4. The molecule has 2 amide bonds. The standard InChI is InChI=1S/C20H14Br2N2O2/c21-17-7-3-1-5-15(17)19(25)23-13-9-11-14(12-10-13)24-20(26)16-6-2-4-8-18(16)22/h1-12H,(H,23,25)(H,24,26). The topological polar surface area (TPSA) is 58.2 Å². The zero-order valence-corrected chi connectivity index (χ0v) is 16.7. The number of rotatable bonds is 4. The number of nitrogens with one attached hydrogen (secondary N) is 2. The Morgan fingerprint density at radius 2 is 0.923 bits per heavy atom. The van der Waals surface area contributed by atoms with Gasteiger partial charge in [-0.05, 0) is 80.4 Å². The van der Waals surface area contributed by atoms with Gasteiger partial charge < -0.3 is 10.6 Å². The van der Waals surface area contributed by atoms with Crippen LogP contribution in [0.25, 0.3) is 0 Å². The van der Waals surface area contributed by atoms with Gasteiger partial charge >= 0.3 is 0 Å². The molecule has 4 nitrogen and oxygen atoms in total. The molecular weight excluding hydrogens is 460 g/mol. The highest BCUT2D eigenvalue weighted by atomic mass is 79.9. The highest BCUT2D eigenvalue weighted by molar-refractivity contribution is 9.10. The highest BCUT2D eigenvalue weighted by Gasteiger charge is 2.11. The first-order chi connectivity index (χ1) is 12.5. The average molecular weight is 474 g/mol. The van der Waals surface area contributed by atoms with Crippen molar-refractivity contribution in [2.45, 2.75) is 0 Å². The summed E-state index contributed by atoms with van der Waals surface area (Å²) in [6.45, 7) is 0. The number of amides is 2. The fraction of sp³-hybridized carbons (Fsp3) is 0.